The topological polar surface area (TPSA) is 402 Å². The van der Waals surface area contributed by atoms with Gasteiger partial charge in [-0.05, 0) is 78.6 Å². The van der Waals surface area contributed by atoms with E-state index in [-0.39, 0.29) is 159 Å². The molecule has 0 aromatic heterocycles. The van der Waals surface area contributed by atoms with Gasteiger partial charge in [0.2, 0.25) is 35.4 Å². The van der Waals surface area contributed by atoms with Gasteiger partial charge < -0.3 is 63.4 Å². The quantitative estimate of drug-likeness (QED) is 0.0215. The van der Waals surface area contributed by atoms with Gasteiger partial charge in [-0.15, -0.1) is 0 Å². The van der Waals surface area contributed by atoms with E-state index in [0.717, 1.165) is 11.1 Å². The van der Waals surface area contributed by atoms with Crippen LogP contribution in [0.15, 0.2) is 77.8 Å². The Bertz CT molecular complexity index is 2840. The van der Waals surface area contributed by atoms with Crippen LogP contribution in [-0.4, -0.2) is 228 Å². The number of aromatic hydroxyl groups is 1. The molecular formula is C61H89N15O14. The Morgan fingerprint density at radius 3 is 1.69 bits per heavy atom. The monoisotopic (exact) mass is 1260 g/mol. The summed E-state index contributed by atoms with van der Waals surface area (Å²) in [7, 11) is 0. The lowest BCUT2D eigenvalue weighted by atomic mass is 10.0. The summed E-state index contributed by atoms with van der Waals surface area (Å²) in [5, 5.41) is 60.4. The van der Waals surface area contributed by atoms with Crippen LogP contribution in [0.1, 0.15) is 93.0 Å². The van der Waals surface area contributed by atoms with Crippen molar-refractivity contribution in [3.05, 3.63) is 95.1 Å². The first-order chi connectivity index (χ1) is 43.2. The summed E-state index contributed by atoms with van der Waals surface area (Å²) >= 11 is 0. The minimum absolute atomic E-state index is 0.00454. The lowest BCUT2D eigenvalue weighted by Crippen LogP contribution is -2.50. The van der Waals surface area contributed by atoms with Crippen LogP contribution >= 0.6 is 0 Å². The minimum atomic E-state index is -1.05. The smallest absolute Gasteiger partial charge is 0.321 e. The molecule has 492 valence electrons. The molecule has 0 saturated carbocycles. The molecule has 2 aliphatic rings. The second-order valence-electron chi connectivity index (χ2n) is 22.1. The summed E-state index contributed by atoms with van der Waals surface area (Å²) in [6.07, 6.45) is 3.19. The maximum absolute atomic E-state index is 14.8. The van der Waals surface area contributed by atoms with Crippen LogP contribution in [0.2, 0.25) is 0 Å². The number of amides is 8. The highest BCUT2D eigenvalue weighted by atomic mass is 16.4. The molecular weight excluding hydrogens is 1170 g/mol. The molecule has 14 N–H and O–H groups in total. The van der Waals surface area contributed by atoms with E-state index in [9.17, 15) is 68.4 Å². The molecule has 0 radical (unpaired) electrons. The SMILES string of the molecule is CCC(=O)NCCNC(=O)NC(N)=NCCC[C@@H](NC(=O)[C@H](c1cccc(NC(=O)CCCNC(=O)CCCCCNC(=O)CN2CCN(CC(=O)O)CCN(CC(=O)O)CCN(CC(=O)O)CC2)c1)N1Cc2ccccc2C1)C(=O)NCc1ccc(O)cc1. The van der Waals surface area contributed by atoms with Crippen molar-refractivity contribution < 1.29 is 68.4 Å². The lowest BCUT2D eigenvalue weighted by Gasteiger charge is -2.32. The second-order valence-corrected chi connectivity index (χ2v) is 22.1. The molecule has 2 heterocycles. The number of aliphatic imine (C=N–C) groups is 1. The van der Waals surface area contributed by atoms with Gasteiger partial charge in [-0.1, -0.05) is 61.9 Å². The number of unbranched alkanes of at least 4 members (excludes halogenated alkanes) is 2. The Hall–Kier alpha value is -8.77. The van der Waals surface area contributed by atoms with Gasteiger partial charge in [0, 0.05) is 130 Å². The number of hydrogen-bond donors (Lipinski definition) is 13. The zero-order chi connectivity index (χ0) is 65.2. The second kappa shape index (κ2) is 39.3. The standard InChI is InChI=1S/C61H89N15O14/c1-2-50(78)65-25-26-67-61(90)71-60(62)66-24-9-15-49(58(88)68-36-43-18-20-48(77)21-19-43)70-59(89)57(76-37-45-11-5-6-12-46(45)38-76)44-13-8-14-47(35-44)69-52(80)17-10-23-63-51(79)16-4-3-7-22-64-53(81)39-72-27-29-73(40-54(82)83)31-33-75(42-56(86)87)34-32-74(30-28-72)41-55(84)85/h5-6,8,11-14,18-21,35,49,57,77H,2-4,7,9-10,15-17,22-34,36-42H2,1H3,(H,63,79)(H,64,81)(H,65,78)(H,68,88)(H,69,80)(H,70,89)(H,82,83)(H,84,85)(H,86,87)(H4,62,66,67,71,90)/t49-,57+/m1/s1. The summed E-state index contributed by atoms with van der Waals surface area (Å²) in [6.45, 7) is 5.23. The van der Waals surface area contributed by atoms with Gasteiger partial charge in [-0.25, -0.2) is 4.79 Å². The Balaban J connectivity index is 1.09. The first-order valence-electron chi connectivity index (χ1n) is 30.5. The number of nitrogens with one attached hydrogen (secondary N) is 8. The van der Waals surface area contributed by atoms with Crippen molar-refractivity contribution in [3.8, 4) is 5.75 Å². The Morgan fingerprint density at radius 2 is 1.10 bits per heavy atom. The molecule has 3 aromatic rings. The predicted molar refractivity (Wildman–Crippen MR) is 333 cm³/mol. The maximum atomic E-state index is 14.8. The molecule has 3 aromatic carbocycles. The summed E-state index contributed by atoms with van der Waals surface area (Å²) in [5.74, 6) is -5.08. The number of phenols is 1. The number of benzene rings is 3. The molecule has 29 nitrogen and oxygen atoms in total. The largest absolute Gasteiger partial charge is 0.508 e. The van der Waals surface area contributed by atoms with Gasteiger partial charge in [0.25, 0.3) is 0 Å². The van der Waals surface area contributed by atoms with E-state index >= 15 is 0 Å². The number of carboxylic acid groups (broad SMARTS) is 3. The minimum Gasteiger partial charge on any atom is -0.508 e. The first kappa shape index (κ1) is 72.0. The van der Waals surface area contributed by atoms with E-state index in [1.807, 2.05) is 34.1 Å². The molecule has 8 amide bonds. The van der Waals surface area contributed by atoms with Gasteiger partial charge in [0.05, 0.1) is 26.2 Å². The zero-order valence-corrected chi connectivity index (χ0v) is 51.2. The molecule has 0 unspecified atom stereocenters. The van der Waals surface area contributed by atoms with Gasteiger partial charge in [-0.2, -0.15) is 0 Å². The number of nitrogens with two attached hydrogens (primary N) is 1. The molecule has 2 atom stereocenters. The average Bonchev–Trinajstić information content (AvgIpc) is 1.70. The molecule has 29 heteroatoms. The lowest BCUT2D eigenvalue weighted by molar-refractivity contribution is -0.140. The molecule has 1 saturated heterocycles. The number of fused-ring (bicyclic) bond motifs is 1. The normalized spacial score (nSPS) is 15.3. The fourth-order valence-electron chi connectivity index (χ4n) is 10.1. The number of nitrogens with zero attached hydrogens (tertiary/aromatic N) is 6. The molecule has 2 aliphatic heterocycles. The number of rotatable bonds is 34. The fourth-order valence-corrected chi connectivity index (χ4v) is 10.1. The zero-order valence-electron chi connectivity index (χ0n) is 51.2. The first-order valence-corrected chi connectivity index (χ1v) is 30.5. The summed E-state index contributed by atoms with van der Waals surface area (Å²) in [6, 6.07) is 18.5. The third kappa shape index (κ3) is 28.2. The number of carboxylic acids is 3. The Kier molecular flexibility index (Phi) is 31.4. The van der Waals surface area contributed by atoms with Crippen molar-refractivity contribution in [2.45, 2.75) is 96.4 Å². The Labute approximate surface area is 523 Å². The highest BCUT2D eigenvalue weighted by Crippen LogP contribution is 2.33. The summed E-state index contributed by atoms with van der Waals surface area (Å²) < 4.78 is 0. The summed E-state index contributed by atoms with van der Waals surface area (Å²) in [5.41, 5.74) is 9.75. The van der Waals surface area contributed by atoms with Crippen molar-refractivity contribution in [2.24, 2.45) is 10.7 Å². The van der Waals surface area contributed by atoms with Crippen molar-refractivity contribution in [1.82, 2.24) is 61.7 Å². The summed E-state index contributed by atoms with van der Waals surface area (Å²) in [4.78, 5) is 139. The van der Waals surface area contributed by atoms with Crippen molar-refractivity contribution in [3.63, 3.8) is 0 Å². The number of aliphatic carboxylic acids is 3. The van der Waals surface area contributed by atoms with Crippen molar-refractivity contribution in [2.75, 3.05) is 117 Å². The van der Waals surface area contributed by atoms with Gasteiger partial charge in [0.15, 0.2) is 5.96 Å². The number of carbonyl (C=O) groups excluding carboxylic acids is 7. The highest BCUT2D eigenvalue weighted by Gasteiger charge is 2.35. The third-order valence-corrected chi connectivity index (χ3v) is 14.9. The van der Waals surface area contributed by atoms with Crippen LogP contribution < -0.4 is 48.3 Å². The van der Waals surface area contributed by atoms with E-state index in [0.29, 0.717) is 81.6 Å². The van der Waals surface area contributed by atoms with Crippen molar-refractivity contribution in [1.29, 1.82) is 0 Å². The molecule has 0 aliphatic carbocycles. The molecule has 0 bridgehead atoms. The van der Waals surface area contributed by atoms with E-state index in [1.54, 1.807) is 58.0 Å². The average molecular weight is 1260 g/mol. The molecule has 90 heavy (non-hydrogen) atoms. The van der Waals surface area contributed by atoms with Crippen LogP contribution in [0.3, 0.4) is 0 Å². The van der Waals surface area contributed by atoms with Crippen LogP contribution in [0.5, 0.6) is 5.75 Å². The maximum Gasteiger partial charge on any atom is 0.321 e. The number of phenolic OH excluding ortho intramolecular Hbond substituents is 1. The van der Waals surface area contributed by atoms with Crippen molar-refractivity contribution >= 4 is 71.0 Å². The number of hydrogen-bond acceptors (Lipinski definition) is 17. The number of guanidine groups is 1. The van der Waals surface area contributed by atoms with E-state index in [4.69, 9.17) is 5.73 Å². The fraction of sp³-hybridized carbons (Fsp3) is 0.525. The third-order valence-electron chi connectivity index (χ3n) is 14.9. The van der Waals surface area contributed by atoms with Crippen LogP contribution in [-0.2, 0) is 62.8 Å². The van der Waals surface area contributed by atoms with Gasteiger partial charge >= 0.3 is 23.9 Å². The molecule has 5 rings (SSSR count). The van der Waals surface area contributed by atoms with Gasteiger partial charge in [0.1, 0.15) is 17.8 Å². The van der Waals surface area contributed by atoms with Gasteiger partial charge in [-0.3, -0.25) is 78.0 Å². The van der Waals surface area contributed by atoms with E-state index in [1.165, 1.54) is 12.1 Å². The van der Waals surface area contributed by atoms with Crippen LogP contribution in [0.4, 0.5) is 10.5 Å². The van der Waals surface area contributed by atoms with E-state index < -0.39 is 47.8 Å². The van der Waals surface area contributed by atoms with Crippen LogP contribution in [0.25, 0.3) is 0 Å². The Morgan fingerprint density at radius 1 is 0.556 bits per heavy atom. The van der Waals surface area contributed by atoms with Crippen LogP contribution in [0, 0.1) is 0 Å². The molecule has 1 fully saturated rings. The number of carbonyl (C=O) groups is 10. The molecule has 0 spiro atoms. The predicted octanol–water partition coefficient (Wildman–Crippen LogP) is 0.157. The highest BCUT2D eigenvalue weighted by molar-refractivity contribution is 5.95. The number of urea groups is 1. The van der Waals surface area contributed by atoms with E-state index in [2.05, 4.69) is 47.5 Å². The number of anilines is 1.